The van der Waals surface area contributed by atoms with E-state index < -0.39 is 11.6 Å². The lowest BCUT2D eigenvalue weighted by atomic mass is 10.3. The Hall–Kier alpha value is -1.21. The summed E-state index contributed by atoms with van der Waals surface area (Å²) in [7, 11) is 0. The molecule has 0 amide bonds. The summed E-state index contributed by atoms with van der Waals surface area (Å²) in [5, 5.41) is 9.59. The van der Waals surface area contributed by atoms with Crippen molar-refractivity contribution in [3.05, 3.63) is 34.1 Å². The maximum atomic E-state index is 13.4. The molecule has 0 spiro atoms. The number of hydrogen-bond acceptors (Lipinski definition) is 4. The van der Waals surface area contributed by atoms with Gasteiger partial charge >= 0.3 is 6.01 Å². The molecular formula is C9H5BrClF2N3O. The molecule has 0 fully saturated rings. The molecule has 1 heterocycles. The van der Waals surface area contributed by atoms with E-state index in [1.54, 1.807) is 0 Å². The number of halogens is 4. The number of anilines is 2. The molecule has 1 N–H and O–H groups in total. The number of benzene rings is 1. The molecule has 0 atom stereocenters. The van der Waals surface area contributed by atoms with E-state index >= 15 is 0 Å². The predicted molar refractivity (Wildman–Crippen MR) is 61.2 cm³/mol. The van der Waals surface area contributed by atoms with Crippen molar-refractivity contribution in [2.45, 2.75) is 5.88 Å². The van der Waals surface area contributed by atoms with E-state index in [0.717, 1.165) is 12.1 Å². The number of aromatic nitrogens is 2. The molecule has 0 bridgehead atoms. The van der Waals surface area contributed by atoms with Crippen LogP contribution >= 0.6 is 27.5 Å². The summed E-state index contributed by atoms with van der Waals surface area (Å²) < 4.78 is 31.7. The first-order valence-electron chi connectivity index (χ1n) is 4.40. The number of hydrogen-bond donors (Lipinski definition) is 1. The first-order chi connectivity index (χ1) is 8.10. The fourth-order valence-corrected chi connectivity index (χ4v) is 1.52. The zero-order chi connectivity index (χ0) is 12.4. The standard InChI is InChI=1S/C9H5BrClF2N3O/c10-4-1-6(13)7(2-5(4)12)14-9-16-15-8(3-11)17-9/h1-2H,3H2,(H,14,16). The lowest BCUT2D eigenvalue weighted by Crippen LogP contribution is -1.95. The highest BCUT2D eigenvalue weighted by Gasteiger charge is 2.11. The Balaban J connectivity index is 2.26. The van der Waals surface area contributed by atoms with Crippen molar-refractivity contribution in [1.82, 2.24) is 10.2 Å². The van der Waals surface area contributed by atoms with E-state index in [4.69, 9.17) is 16.0 Å². The van der Waals surface area contributed by atoms with Gasteiger partial charge in [0.25, 0.3) is 0 Å². The monoisotopic (exact) mass is 323 g/mol. The molecule has 17 heavy (non-hydrogen) atoms. The molecule has 4 nitrogen and oxygen atoms in total. The molecule has 0 unspecified atom stereocenters. The van der Waals surface area contributed by atoms with Gasteiger partial charge in [-0.2, -0.15) is 0 Å². The molecule has 0 aliphatic carbocycles. The maximum Gasteiger partial charge on any atom is 0.320 e. The molecule has 90 valence electrons. The zero-order valence-electron chi connectivity index (χ0n) is 8.18. The van der Waals surface area contributed by atoms with E-state index in [1.165, 1.54) is 0 Å². The number of nitrogens with zero attached hydrogens (tertiary/aromatic N) is 2. The van der Waals surface area contributed by atoms with Crippen molar-refractivity contribution in [1.29, 1.82) is 0 Å². The van der Waals surface area contributed by atoms with Gasteiger partial charge in [-0.25, -0.2) is 8.78 Å². The fraction of sp³-hybridized carbons (Fsp3) is 0.111. The van der Waals surface area contributed by atoms with Gasteiger partial charge in [0.05, 0.1) is 10.2 Å². The molecule has 0 saturated carbocycles. The van der Waals surface area contributed by atoms with Crippen LogP contribution in [0.1, 0.15) is 5.89 Å². The van der Waals surface area contributed by atoms with Crippen LogP contribution in [0.15, 0.2) is 21.0 Å². The van der Waals surface area contributed by atoms with Gasteiger partial charge in [0.15, 0.2) is 0 Å². The van der Waals surface area contributed by atoms with Crippen LogP contribution in [0.5, 0.6) is 0 Å². The van der Waals surface area contributed by atoms with Gasteiger partial charge in [-0.05, 0) is 22.0 Å². The maximum absolute atomic E-state index is 13.4. The third-order valence-corrected chi connectivity index (χ3v) is 2.67. The highest BCUT2D eigenvalue weighted by atomic mass is 79.9. The van der Waals surface area contributed by atoms with Crippen LogP contribution in [0, 0.1) is 11.6 Å². The Bertz CT molecular complexity index is 549. The summed E-state index contributed by atoms with van der Waals surface area (Å²) in [6.45, 7) is 0. The van der Waals surface area contributed by atoms with Gasteiger partial charge in [0.1, 0.15) is 17.5 Å². The summed E-state index contributed by atoms with van der Waals surface area (Å²) >= 11 is 8.33. The average molecular weight is 325 g/mol. The Kier molecular flexibility index (Phi) is 3.58. The summed E-state index contributed by atoms with van der Waals surface area (Å²) in [5.74, 6) is -1.02. The Morgan fingerprint density at radius 3 is 2.71 bits per heavy atom. The topological polar surface area (TPSA) is 51.0 Å². The normalized spacial score (nSPS) is 10.6. The molecule has 1 aromatic heterocycles. The van der Waals surface area contributed by atoms with E-state index in [0.29, 0.717) is 0 Å². The second-order valence-electron chi connectivity index (χ2n) is 3.01. The molecular weight excluding hydrogens is 319 g/mol. The van der Waals surface area contributed by atoms with Crippen molar-refractivity contribution in [3.8, 4) is 0 Å². The van der Waals surface area contributed by atoms with Crippen LogP contribution in [0.3, 0.4) is 0 Å². The van der Waals surface area contributed by atoms with E-state index in [1.807, 2.05) is 0 Å². The minimum Gasteiger partial charge on any atom is -0.407 e. The van der Waals surface area contributed by atoms with Crippen LogP contribution in [0.2, 0.25) is 0 Å². The quantitative estimate of drug-likeness (QED) is 0.692. The molecule has 0 saturated heterocycles. The first kappa shape index (κ1) is 12.3. The largest absolute Gasteiger partial charge is 0.407 e. The van der Waals surface area contributed by atoms with Crippen LogP contribution in [-0.4, -0.2) is 10.2 Å². The third-order valence-electron chi connectivity index (χ3n) is 1.83. The van der Waals surface area contributed by atoms with Gasteiger partial charge in [0.2, 0.25) is 5.89 Å². The Labute approximate surface area is 108 Å². The van der Waals surface area contributed by atoms with Crippen LogP contribution in [-0.2, 0) is 5.88 Å². The minimum absolute atomic E-state index is 0.0347. The van der Waals surface area contributed by atoms with Crippen LogP contribution in [0.25, 0.3) is 0 Å². The van der Waals surface area contributed by atoms with Gasteiger partial charge in [-0.3, -0.25) is 0 Å². The lowest BCUT2D eigenvalue weighted by molar-refractivity contribution is 0.528. The first-order valence-corrected chi connectivity index (χ1v) is 5.73. The molecule has 8 heteroatoms. The number of nitrogens with one attached hydrogen (secondary N) is 1. The van der Waals surface area contributed by atoms with Gasteiger partial charge < -0.3 is 9.73 Å². The second kappa shape index (κ2) is 4.97. The smallest absolute Gasteiger partial charge is 0.320 e. The summed E-state index contributed by atoms with van der Waals surface area (Å²) in [5.41, 5.74) is -0.101. The zero-order valence-corrected chi connectivity index (χ0v) is 10.5. The Morgan fingerprint density at radius 1 is 1.29 bits per heavy atom. The van der Waals surface area contributed by atoms with Crippen molar-refractivity contribution in [2.75, 3.05) is 5.32 Å². The predicted octanol–water partition coefficient (Wildman–Crippen LogP) is 3.59. The molecule has 2 rings (SSSR count). The van der Waals surface area contributed by atoms with Crippen LogP contribution in [0.4, 0.5) is 20.5 Å². The number of rotatable bonds is 3. The molecule has 1 aromatic carbocycles. The van der Waals surface area contributed by atoms with Gasteiger partial charge in [-0.15, -0.1) is 16.7 Å². The van der Waals surface area contributed by atoms with Crippen molar-refractivity contribution in [3.63, 3.8) is 0 Å². The third kappa shape index (κ3) is 2.73. The van der Waals surface area contributed by atoms with Crippen molar-refractivity contribution in [2.24, 2.45) is 0 Å². The lowest BCUT2D eigenvalue weighted by Gasteiger charge is -2.04. The highest BCUT2D eigenvalue weighted by Crippen LogP contribution is 2.25. The summed E-state index contributed by atoms with van der Waals surface area (Å²) in [6.07, 6.45) is 0. The summed E-state index contributed by atoms with van der Waals surface area (Å²) in [6, 6.07) is 1.92. The number of alkyl halides is 1. The van der Waals surface area contributed by atoms with E-state index in [2.05, 4.69) is 31.4 Å². The fourth-order valence-electron chi connectivity index (χ4n) is 1.09. The molecule has 2 aromatic rings. The average Bonchev–Trinajstić information content (AvgIpc) is 2.73. The Morgan fingerprint density at radius 2 is 2.06 bits per heavy atom. The molecule has 0 aliphatic rings. The second-order valence-corrected chi connectivity index (χ2v) is 4.13. The van der Waals surface area contributed by atoms with E-state index in [9.17, 15) is 8.78 Å². The van der Waals surface area contributed by atoms with Crippen molar-refractivity contribution >= 4 is 39.2 Å². The van der Waals surface area contributed by atoms with E-state index in [-0.39, 0.29) is 27.9 Å². The molecule has 0 radical (unpaired) electrons. The SMILES string of the molecule is Fc1cc(Nc2nnc(CCl)o2)c(F)cc1Br. The summed E-state index contributed by atoms with van der Waals surface area (Å²) in [4.78, 5) is 0. The molecule has 0 aliphatic heterocycles. The van der Waals surface area contributed by atoms with Gasteiger partial charge in [0, 0.05) is 6.07 Å². The highest BCUT2D eigenvalue weighted by molar-refractivity contribution is 9.10. The minimum atomic E-state index is -0.649. The van der Waals surface area contributed by atoms with Crippen LogP contribution < -0.4 is 5.32 Å². The van der Waals surface area contributed by atoms with Crippen molar-refractivity contribution < 1.29 is 13.2 Å². The van der Waals surface area contributed by atoms with Gasteiger partial charge in [-0.1, -0.05) is 5.10 Å².